The second-order valence-corrected chi connectivity index (χ2v) is 4.34. The van der Waals surface area contributed by atoms with Crippen molar-refractivity contribution >= 4 is 17.2 Å². The number of aryl methyl sites for hydroxylation is 1. The molecule has 0 saturated carbocycles. The van der Waals surface area contributed by atoms with Crippen molar-refractivity contribution in [1.82, 2.24) is 15.6 Å². The van der Waals surface area contributed by atoms with Gasteiger partial charge in [-0.15, -0.1) is 11.3 Å². The van der Waals surface area contributed by atoms with Crippen LogP contribution in [-0.2, 0) is 11.2 Å². The molecule has 0 aliphatic carbocycles. The summed E-state index contributed by atoms with van der Waals surface area (Å²) in [6.45, 7) is 3.61. The molecule has 1 aromatic rings. The van der Waals surface area contributed by atoms with Gasteiger partial charge in [-0.2, -0.15) is 0 Å². The van der Waals surface area contributed by atoms with Crippen molar-refractivity contribution in [3.63, 3.8) is 0 Å². The van der Waals surface area contributed by atoms with E-state index in [2.05, 4.69) is 21.0 Å². The molecule has 1 aromatic heterocycles. The molecular formula is C10H17N3OS. The van der Waals surface area contributed by atoms with Crippen molar-refractivity contribution in [2.75, 3.05) is 20.1 Å². The number of nitrogens with one attached hydrogen (secondary N) is 2. The van der Waals surface area contributed by atoms with Gasteiger partial charge in [-0.3, -0.25) is 4.79 Å². The van der Waals surface area contributed by atoms with Crippen LogP contribution in [0.4, 0.5) is 0 Å². The first-order valence-electron chi connectivity index (χ1n) is 5.04. The van der Waals surface area contributed by atoms with Crippen LogP contribution in [0.2, 0.25) is 0 Å². The number of carbonyl (C=O) groups excluding carboxylic acids is 1. The number of hydrogen-bond acceptors (Lipinski definition) is 4. The van der Waals surface area contributed by atoms with E-state index in [-0.39, 0.29) is 5.91 Å². The molecule has 0 bridgehead atoms. The number of thiazole rings is 1. The predicted molar refractivity (Wildman–Crippen MR) is 62.1 cm³/mol. The molecule has 0 atom stereocenters. The molecule has 0 aliphatic heterocycles. The second kappa shape index (κ2) is 6.53. The number of hydrogen-bond donors (Lipinski definition) is 2. The number of carbonyl (C=O) groups is 1. The Bertz CT molecular complexity index is 311. The van der Waals surface area contributed by atoms with Crippen LogP contribution in [0.1, 0.15) is 17.1 Å². The number of rotatable bonds is 6. The molecule has 1 rings (SSSR count). The van der Waals surface area contributed by atoms with Crippen molar-refractivity contribution in [2.24, 2.45) is 0 Å². The average Bonchev–Trinajstić information content (AvgIpc) is 2.63. The molecule has 0 saturated heterocycles. The molecule has 15 heavy (non-hydrogen) atoms. The molecule has 2 N–H and O–H groups in total. The van der Waals surface area contributed by atoms with Crippen molar-refractivity contribution in [2.45, 2.75) is 19.8 Å². The fourth-order valence-electron chi connectivity index (χ4n) is 1.19. The van der Waals surface area contributed by atoms with E-state index < -0.39 is 0 Å². The van der Waals surface area contributed by atoms with Gasteiger partial charge in [0.15, 0.2) is 0 Å². The van der Waals surface area contributed by atoms with Crippen LogP contribution in [0.15, 0.2) is 5.38 Å². The lowest BCUT2D eigenvalue weighted by atomic mass is 10.3. The molecule has 1 amide bonds. The normalized spacial score (nSPS) is 10.3. The summed E-state index contributed by atoms with van der Waals surface area (Å²) in [6, 6.07) is 0. The highest BCUT2D eigenvalue weighted by atomic mass is 32.1. The van der Waals surface area contributed by atoms with Crippen LogP contribution in [0.25, 0.3) is 0 Å². The van der Waals surface area contributed by atoms with Gasteiger partial charge in [-0.25, -0.2) is 4.98 Å². The summed E-state index contributed by atoms with van der Waals surface area (Å²) in [6.07, 6.45) is 1.46. The third-order valence-electron chi connectivity index (χ3n) is 2.03. The largest absolute Gasteiger partial charge is 0.359 e. The summed E-state index contributed by atoms with van der Waals surface area (Å²) in [5.74, 6) is 0.0759. The Hall–Kier alpha value is -0.940. The van der Waals surface area contributed by atoms with Gasteiger partial charge in [0.05, 0.1) is 10.7 Å². The van der Waals surface area contributed by atoms with Gasteiger partial charge in [0.25, 0.3) is 0 Å². The Balaban J connectivity index is 2.05. The van der Waals surface area contributed by atoms with E-state index in [9.17, 15) is 4.79 Å². The Morgan fingerprint density at radius 1 is 1.53 bits per heavy atom. The van der Waals surface area contributed by atoms with Gasteiger partial charge < -0.3 is 10.6 Å². The standard InChI is InChI=1S/C10H17N3OS/c1-8-13-9(7-15-8)3-5-12-6-4-10(14)11-2/h7,12H,3-6H2,1-2H3,(H,11,14). The first kappa shape index (κ1) is 12.1. The lowest BCUT2D eigenvalue weighted by Gasteiger charge is -2.02. The zero-order valence-electron chi connectivity index (χ0n) is 9.17. The summed E-state index contributed by atoms with van der Waals surface area (Å²) >= 11 is 1.67. The lowest BCUT2D eigenvalue weighted by molar-refractivity contribution is -0.120. The van der Waals surface area contributed by atoms with Gasteiger partial charge in [0.2, 0.25) is 5.91 Å². The molecule has 1 heterocycles. The van der Waals surface area contributed by atoms with Crippen molar-refractivity contribution < 1.29 is 4.79 Å². The summed E-state index contributed by atoms with van der Waals surface area (Å²) in [5, 5.41) is 8.99. The zero-order chi connectivity index (χ0) is 11.1. The fourth-order valence-corrected chi connectivity index (χ4v) is 1.84. The van der Waals surface area contributed by atoms with Gasteiger partial charge in [-0.1, -0.05) is 0 Å². The number of nitrogens with zero attached hydrogens (tertiary/aromatic N) is 1. The maximum atomic E-state index is 10.9. The first-order valence-corrected chi connectivity index (χ1v) is 5.92. The molecule has 0 aromatic carbocycles. The summed E-state index contributed by atoms with van der Waals surface area (Å²) in [7, 11) is 1.65. The van der Waals surface area contributed by atoms with Crippen LogP contribution in [0, 0.1) is 6.92 Å². The molecule has 4 nitrogen and oxygen atoms in total. The highest BCUT2D eigenvalue weighted by Crippen LogP contribution is 2.07. The van der Waals surface area contributed by atoms with E-state index in [4.69, 9.17) is 0 Å². The van der Waals surface area contributed by atoms with E-state index in [0.717, 1.165) is 30.2 Å². The Morgan fingerprint density at radius 3 is 2.93 bits per heavy atom. The lowest BCUT2D eigenvalue weighted by Crippen LogP contribution is -2.26. The van der Waals surface area contributed by atoms with Crippen molar-refractivity contribution in [3.8, 4) is 0 Å². The molecule has 0 fully saturated rings. The molecular weight excluding hydrogens is 210 g/mol. The monoisotopic (exact) mass is 227 g/mol. The maximum Gasteiger partial charge on any atom is 0.221 e. The van der Waals surface area contributed by atoms with Crippen LogP contribution < -0.4 is 10.6 Å². The zero-order valence-corrected chi connectivity index (χ0v) is 9.99. The second-order valence-electron chi connectivity index (χ2n) is 3.28. The van der Waals surface area contributed by atoms with Crippen LogP contribution in [-0.4, -0.2) is 31.0 Å². The predicted octanol–water partition coefficient (Wildman–Crippen LogP) is 0.720. The van der Waals surface area contributed by atoms with Crippen molar-refractivity contribution in [1.29, 1.82) is 0 Å². The van der Waals surface area contributed by atoms with Crippen LogP contribution in [0.5, 0.6) is 0 Å². The van der Waals surface area contributed by atoms with Crippen LogP contribution >= 0.6 is 11.3 Å². The SMILES string of the molecule is CNC(=O)CCNCCc1csc(C)n1. The van der Waals surface area contributed by atoms with Crippen LogP contribution in [0.3, 0.4) is 0 Å². The van der Waals surface area contributed by atoms with Gasteiger partial charge in [-0.05, 0) is 6.92 Å². The van der Waals surface area contributed by atoms with Gasteiger partial charge in [0.1, 0.15) is 0 Å². The molecule has 5 heteroatoms. The average molecular weight is 227 g/mol. The first-order chi connectivity index (χ1) is 7.22. The topological polar surface area (TPSA) is 54.0 Å². The molecule has 0 aliphatic rings. The fraction of sp³-hybridized carbons (Fsp3) is 0.600. The molecule has 84 valence electrons. The third-order valence-corrected chi connectivity index (χ3v) is 2.85. The van der Waals surface area contributed by atoms with E-state index in [1.807, 2.05) is 6.92 Å². The minimum absolute atomic E-state index is 0.0759. The Kier molecular flexibility index (Phi) is 5.28. The van der Waals surface area contributed by atoms with E-state index in [0.29, 0.717) is 6.42 Å². The smallest absolute Gasteiger partial charge is 0.221 e. The minimum Gasteiger partial charge on any atom is -0.359 e. The number of aromatic nitrogens is 1. The third kappa shape index (κ3) is 4.90. The highest BCUT2D eigenvalue weighted by Gasteiger charge is 1.99. The summed E-state index contributed by atoms with van der Waals surface area (Å²) < 4.78 is 0. The Labute approximate surface area is 94.1 Å². The minimum atomic E-state index is 0.0759. The van der Waals surface area contributed by atoms with E-state index in [1.54, 1.807) is 18.4 Å². The number of amides is 1. The summed E-state index contributed by atoms with van der Waals surface area (Å²) in [4.78, 5) is 15.2. The van der Waals surface area contributed by atoms with Gasteiger partial charge in [0, 0.05) is 38.4 Å². The van der Waals surface area contributed by atoms with Gasteiger partial charge >= 0.3 is 0 Å². The molecule has 0 unspecified atom stereocenters. The highest BCUT2D eigenvalue weighted by molar-refractivity contribution is 7.09. The molecule has 0 radical (unpaired) electrons. The van der Waals surface area contributed by atoms with E-state index >= 15 is 0 Å². The summed E-state index contributed by atoms with van der Waals surface area (Å²) in [5.41, 5.74) is 1.13. The Morgan fingerprint density at radius 2 is 2.33 bits per heavy atom. The van der Waals surface area contributed by atoms with E-state index in [1.165, 1.54) is 0 Å². The quantitative estimate of drug-likeness (QED) is 0.704. The molecule has 0 spiro atoms. The van der Waals surface area contributed by atoms with Crippen molar-refractivity contribution in [3.05, 3.63) is 16.1 Å². The maximum absolute atomic E-state index is 10.9.